The number of nitrogens with one attached hydrogen (secondary N) is 1. The minimum Gasteiger partial charge on any atom is -0.315 e. The van der Waals surface area contributed by atoms with Crippen LogP contribution in [-0.4, -0.2) is 13.1 Å². The Morgan fingerprint density at radius 3 is 3.00 bits per heavy atom. The lowest BCUT2D eigenvalue weighted by Gasteiger charge is -1.98. The van der Waals surface area contributed by atoms with Crippen molar-refractivity contribution in [1.29, 1.82) is 5.26 Å². The molecule has 2 nitrogen and oxygen atoms in total. The molecule has 0 aliphatic heterocycles. The second kappa shape index (κ2) is 6.14. The van der Waals surface area contributed by atoms with Gasteiger partial charge in [-0.1, -0.05) is 0 Å². The Morgan fingerprint density at radius 1 is 1.54 bits per heavy atom. The molecular formula is C9H11BrN2S. The van der Waals surface area contributed by atoms with Crippen LogP contribution < -0.4 is 5.32 Å². The molecule has 70 valence electrons. The number of hydrogen-bond donors (Lipinski definition) is 1. The quantitative estimate of drug-likeness (QED) is 0.825. The van der Waals surface area contributed by atoms with Gasteiger partial charge in [-0.3, -0.25) is 0 Å². The second-order valence-corrected chi connectivity index (χ2v) is 4.55. The fraction of sp³-hybridized carbons (Fsp3) is 0.444. The molecule has 0 aliphatic rings. The minimum absolute atomic E-state index is 0.591. The molecule has 4 heteroatoms. The molecule has 1 aromatic rings. The van der Waals surface area contributed by atoms with Crippen LogP contribution in [0.3, 0.4) is 0 Å². The molecule has 1 N–H and O–H groups in total. The van der Waals surface area contributed by atoms with Gasteiger partial charge in [-0.15, -0.1) is 11.3 Å². The fourth-order valence-electron chi connectivity index (χ4n) is 0.966. The van der Waals surface area contributed by atoms with E-state index >= 15 is 0 Å². The van der Waals surface area contributed by atoms with Crippen LogP contribution in [0.5, 0.6) is 0 Å². The van der Waals surface area contributed by atoms with E-state index in [0.29, 0.717) is 6.42 Å². The smallest absolute Gasteiger partial charge is 0.0635 e. The molecule has 0 unspecified atom stereocenters. The summed E-state index contributed by atoms with van der Waals surface area (Å²) < 4.78 is 1.16. The lowest BCUT2D eigenvalue weighted by atomic mass is 10.3. The summed E-state index contributed by atoms with van der Waals surface area (Å²) >= 11 is 5.17. The maximum absolute atomic E-state index is 8.29. The van der Waals surface area contributed by atoms with Crippen molar-refractivity contribution in [2.75, 3.05) is 13.1 Å². The molecule has 0 spiro atoms. The van der Waals surface area contributed by atoms with E-state index in [4.69, 9.17) is 5.26 Å². The molecule has 0 aromatic carbocycles. The lowest BCUT2D eigenvalue weighted by Crippen LogP contribution is -2.17. The molecule has 0 saturated heterocycles. The predicted octanol–water partition coefficient (Wildman–Crippen LogP) is 2.56. The zero-order valence-electron chi connectivity index (χ0n) is 7.22. The van der Waals surface area contributed by atoms with Gasteiger partial charge >= 0.3 is 0 Å². The number of hydrogen-bond acceptors (Lipinski definition) is 3. The van der Waals surface area contributed by atoms with Gasteiger partial charge in [0.25, 0.3) is 0 Å². The third kappa shape index (κ3) is 4.41. The Hall–Kier alpha value is -0.370. The summed E-state index contributed by atoms with van der Waals surface area (Å²) in [6, 6.07) is 4.24. The largest absolute Gasteiger partial charge is 0.315 e. The first-order chi connectivity index (χ1) is 6.33. The van der Waals surface area contributed by atoms with Crippen LogP contribution in [0.15, 0.2) is 15.9 Å². The highest BCUT2D eigenvalue weighted by Gasteiger charge is 1.96. The van der Waals surface area contributed by atoms with Crippen molar-refractivity contribution in [2.45, 2.75) is 12.8 Å². The average Bonchev–Trinajstić information content (AvgIpc) is 2.51. The van der Waals surface area contributed by atoms with Gasteiger partial charge < -0.3 is 5.32 Å². The summed E-state index contributed by atoms with van der Waals surface area (Å²) in [5.74, 6) is 0. The topological polar surface area (TPSA) is 35.8 Å². The van der Waals surface area contributed by atoms with Crippen molar-refractivity contribution < 1.29 is 0 Å². The molecule has 1 aromatic heterocycles. The van der Waals surface area contributed by atoms with Gasteiger partial charge in [0.1, 0.15) is 0 Å². The molecule has 1 heterocycles. The summed E-state index contributed by atoms with van der Waals surface area (Å²) in [5, 5.41) is 13.6. The second-order valence-electron chi connectivity index (χ2n) is 2.64. The molecule has 0 saturated carbocycles. The first-order valence-corrected chi connectivity index (χ1v) is 5.81. The van der Waals surface area contributed by atoms with Crippen LogP contribution in [0, 0.1) is 11.3 Å². The van der Waals surface area contributed by atoms with Crippen LogP contribution >= 0.6 is 27.3 Å². The Balaban J connectivity index is 2.10. The molecular weight excluding hydrogens is 248 g/mol. The highest BCUT2D eigenvalue weighted by Crippen LogP contribution is 2.19. The summed E-state index contributed by atoms with van der Waals surface area (Å²) in [6.07, 6.45) is 1.63. The Labute approximate surface area is 90.7 Å². The van der Waals surface area contributed by atoms with Crippen molar-refractivity contribution in [3.8, 4) is 6.07 Å². The van der Waals surface area contributed by atoms with Crippen LogP contribution in [0.25, 0.3) is 0 Å². The molecule has 1 rings (SSSR count). The maximum atomic E-state index is 8.29. The van der Waals surface area contributed by atoms with Gasteiger partial charge in [0.2, 0.25) is 0 Å². The van der Waals surface area contributed by atoms with Gasteiger partial charge in [0.05, 0.1) is 6.07 Å². The van der Waals surface area contributed by atoms with E-state index in [1.807, 2.05) is 0 Å². The molecule has 0 bridgehead atoms. The summed E-state index contributed by atoms with van der Waals surface area (Å²) in [6.45, 7) is 1.75. The molecule has 0 atom stereocenters. The Kier molecular flexibility index (Phi) is 5.06. The first kappa shape index (κ1) is 10.7. The van der Waals surface area contributed by atoms with E-state index in [0.717, 1.165) is 24.0 Å². The first-order valence-electron chi connectivity index (χ1n) is 4.13. The summed E-state index contributed by atoms with van der Waals surface area (Å²) in [4.78, 5) is 1.37. The SMILES string of the molecule is N#CCCNCCc1cc(Br)cs1. The predicted molar refractivity (Wildman–Crippen MR) is 58.8 cm³/mol. The zero-order chi connectivity index (χ0) is 9.52. The van der Waals surface area contributed by atoms with Crippen molar-refractivity contribution in [2.24, 2.45) is 0 Å². The Bertz CT molecular complexity index is 290. The fourth-order valence-corrected chi connectivity index (χ4v) is 2.42. The standard InChI is InChI=1S/C9H11BrN2S/c10-8-6-9(13-7-8)2-5-12-4-1-3-11/h6-7,12H,1-2,4-5H2. The van der Waals surface area contributed by atoms with Crippen LogP contribution in [0.2, 0.25) is 0 Å². The number of nitriles is 1. The molecule has 0 radical (unpaired) electrons. The van der Waals surface area contributed by atoms with Crippen molar-refractivity contribution in [3.05, 3.63) is 20.8 Å². The third-order valence-corrected chi connectivity index (χ3v) is 3.34. The monoisotopic (exact) mass is 258 g/mol. The molecule has 0 amide bonds. The van der Waals surface area contributed by atoms with E-state index in [9.17, 15) is 0 Å². The molecule has 13 heavy (non-hydrogen) atoms. The van der Waals surface area contributed by atoms with Crippen LogP contribution in [0.1, 0.15) is 11.3 Å². The van der Waals surface area contributed by atoms with Gasteiger partial charge in [0.15, 0.2) is 0 Å². The number of nitrogens with zero attached hydrogens (tertiary/aromatic N) is 1. The van der Waals surface area contributed by atoms with Gasteiger partial charge in [0, 0.05) is 27.7 Å². The summed E-state index contributed by atoms with van der Waals surface area (Å²) in [7, 11) is 0. The molecule has 0 aliphatic carbocycles. The van der Waals surface area contributed by atoms with E-state index in [2.05, 4.69) is 38.8 Å². The number of thiophene rings is 1. The maximum Gasteiger partial charge on any atom is 0.0635 e. The van der Waals surface area contributed by atoms with Crippen molar-refractivity contribution in [1.82, 2.24) is 5.32 Å². The van der Waals surface area contributed by atoms with E-state index in [1.165, 1.54) is 4.88 Å². The van der Waals surface area contributed by atoms with Crippen molar-refractivity contribution in [3.63, 3.8) is 0 Å². The highest BCUT2D eigenvalue weighted by atomic mass is 79.9. The minimum atomic E-state index is 0.591. The normalized spacial score (nSPS) is 9.85. The third-order valence-electron chi connectivity index (χ3n) is 1.58. The number of rotatable bonds is 5. The summed E-state index contributed by atoms with van der Waals surface area (Å²) in [5.41, 5.74) is 0. The van der Waals surface area contributed by atoms with Gasteiger partial charge in [-0.05, 0) is 35.0 Å². The lowest BCUT2D eigenvalue weighted by molar-refractivity contribution is 0.696. The zero-order valence-corrected chi connectivity index (χ0v) is 9.62. The average molecular weight is 259 g/mol. The van der Waals surface area contributed by atoms with Crippen molar-refractivity contribution >= 4 is 27.3 Å². The highest BCUT2D eigenvalue weighted by molar-refractivity contribution is 9.10. The van der Waals surface area contributed by atoms with Crippen LogP contribution in [-0.2, 0) is 6.42 Å². The molecule has 0 fully saturated rings. The van der Waals surface area contributed by atoms with Crippen LogP contribution in [0.4, 0.5) is 0 Å². The Morgan fingerprint density at radius 2 is 2.38 bits per heavy atom. The van der Waals surface area contributed by atoms with E-state index in [1.54, 1.807) is 11.3 Å². The van der Waals surface area contributed by atoms with E-state index in [-0.39, 0.29) is 0 Å². The van der Waals surface area contributed by atoms with Gasteiger partial charge in [-0.25, -0.2) is 0 Å². The number of halogens is 1. The van der Waals surface area contributed by atoms with E-state index < -0.39 is 0 Å². The van der Waals surface area contributed by atoms with Gasteiger partial charge in [-0.2, -0.15) is 5.26 Å².